The number of para-hydroxylation sites is 1. The summed E-state index contributed by atoms with van der Waals surface area (Å²) in [6.45, 7) is 0.274. The van der Waals surface area contributed by atoms with Crippen LogP contribution in [0.5, 0.6) is 0 Å². The van der Waals surface area contributed by atoms with Crippen molar-refractivity contribution < 1.29 is 18.7 Å². The zero-order chi connectivity index (χ0) is 22.4. The van der Waals surface area contributed by atoms with Gasteiger partial charge in [-0.05, 0) is 55.5 Å². The van der Waals surface area contributed by atoms with Gasteiger partial charge in [0.15, 0.2) is 5.78 Å². The number of Topliss-reactive ketones (excluding diaryl/α,β-unsaturated/α-hetero) is 1. The molecule has 0 spiro atoms. The Morgan fingerprint density at radius 3 is 2.33 bits per heavy atom. The Morgan fingerprint density at radius 2 is 1.55 bits per heavy atom. The highest BCUT2D eigenvalue weighted by atomic mass is 16.6. The van der Waals surface area contributed by atoms with Crippen LogP contribution in [0, 0.1) is 5.92 Å². The third-order valence-electron chi connectivity index (χ3n) is 7.18. The first-order valence-corrected chi connectivity index (χ1v) is 11.6. The fourth-order valence-corrected chi connectivity index (χ4v) is 5.60. The van der Waals surface area contributed by atoms with Crippen molar-refractivity contribution in [2.75, 3.05) is 0 Å². The van der Waals surface area contributed by atoms with Gasteiger partial charge in [-0.3, -0.25) is 4.79 Å². The lowest BCUT2D eigenvalue weighted by Crippen LogP contribution is -2.48. The zero-order valence-electron chi connectivity index (χ0n) is 18.3. The summed E-state index contributed by atoms with van der Waals surface area (Å²) in [7, 11) is 0. The van der Waals surface area contributed by atoms with Crippen LogP contribution in [0.1, 0.15) is 41.6 Å². The molecule has 3 heterocycles. The molecule has 5 heteroatoms. The first-order chi connectivity index (χ1) is 16.2. The summed E-state index contributed by atoms with van der Waals surface area (Å²) in [5.41, 5.74) is 3.32. The van der Waals surface area contributed by atoms with Gasteiger partial charge in [-0.2, -0.15) is 0 Å². The standard InChI is InChI=1S/C28H25NO4/c30-27(19-10-13-26-24(16-19)23-8-4-5-9-25(23)33-26)20-14-21-11-12-22(15-20)29(21)28(31)32-17-18-6-2-1-3-7-18/h1-10,13,16,20-22H,11-12,14-15,17H2. The molecule has 2 bridgehead atoms. The Kier molecular flexibility index (Phi) is 4.90. The maximum absolute atomic E-state index is 13.4. The molecule has 1 amide bonds. The van der Waals surface area contributed by atoms with Gasteiger partial charge in [-0.15, -0.1) is 0 Å². The topological polar surface area (TPSA) is 59.8 Å². The van der Waals surface area contributed by atoms with Gasteiger partial charge < -0.3 is 14.1 Å². The molecule has 0 saturated carbocycles. The zero-order valence-corrected chi connectivity index (χ0v) is 18.3. The van der Waals surface area contributed by atoms with Crippen molar-refractivity contribution in [3.05, 3.63) is 83.9 Å². The predicted octanol–water partition coefficient (Wildman–Crippen LogP) is 6.35. The van der Waals surface area contributed by atoms with E-state index in [4.69, 9.17) is 9.15 Å². The number of benzene rings is 3. The van der Waals surface area contributed by atoms with Gasteiger partial charge >= 0.3 is 6.09 Å². The maximum atomic E-state index is 13.4. The molecule has 33 heavy (non-hydrogen) atoms. The summed E-state index contributed by atoms with van der Waals surface area (Å²) >= 11 is 0. The van der Waals surface area contributed by atoms with Gasteiger partial charge in [-0.1, -0.05) is 48.5 Å². The minimum Gasteiger partial charge on any atom is -0.456 e. The summed E-state index contributed by atoms with van der Waals surface area (Å²) in [6, 6.07) is 23.5. The summed E-state index contributed by atoms with van der Waals surface area (Å²) in [5.74, 6) is 0.0904. The van der Waals surface area contributed by atoms with Gasteiger partial charge in [0, 0.05) is 34.3 Å². The minimum atomic E-state index is -0.261. The highest BCUT2D eigenvalue weighted by molar-refractivity contribution is 6.09. The van der Waals surface area contributed by atoms with E-state index in [0.29, 0.717) is 12.8 Å². The number of hydrogen-bond donors (Lipinski definition) is 0. The molecule has 3 aromatic carbocycles. The molecule has 0 N–H and O–H groups in total. The first-order valence-electron chi connectivity index (χ1n) is 11.6. The average molecular weight is 440 g/mol. The molecular formula is C28H25NO4. The number of amides is 1. The summed E-state index contributed by atoms with van der Waals surface area (Å²) in [6.07, 6.45) is 2.99. The Bertz CT molecular complexity index is 1330. The van der Waals surface area contributed by atoms with E-state index in [2.05, 4.69) is 0 Å². The van der Waals surface area contributed by atoms with Crippen LogP contribution in [0.25, 0.3) is 21.9 Å². The van der Waals surface area contributed by atoms with E-state index in [-0.39, 0.29) is 36.5 Å². The molecule has 2 aliphatic rings. The van der Waals surface area contributed by atoms with E-state index >= 15 is 0 Å². The monoisotopic (exact) mass is 439 g/mol. The lowest BCUT2D eigenvalue weighted by Gasteiger charge is -2.37. The number of ketones is 1. The smallest absolute Gasteiger partial charge is 0.410 e. The highest BCUT2D eigenvalue weighted by Gasteiger charge is 2.46. The summed E-state index contributed by atoms with van der Waals surface area (Å²) in [4.78, 5) is 28.2. The number of carbonyl (C=O) groups is 2. The van der Waals surface area contributed by atoms with E-state index in [9.17, 15) is 9.59 Å². The molecule has 2 fully saturated rings. The fraction of sp³-hybridized carbons (Fsp3) is 0.286. The second-order valence-corrected chi connectivity index (χ2v) is 9.17. The SMILES string of the molecule is O=C(c1ccc2oc3ccccc3c2c1)C1CC2CCC(C1)N2C(=O)OCc1ccccc1. The van der Waals surface area contributed by atoms with Crippen molar-refractivity contribution in [3.8, 4) is 0 Å². The van der Waals surface area contributed by atoms with Gasteiger partial charge in [0.2, 0.25) is 0 Å². The second kappa shape index (κ2) is 8.07. The largest absolute Gasteiger partial charge is 0.456 e. The number of fused-ring (bicyclic) bond motifs is 5. The van der Waals surface area contributed by atoms with E-state index < -0.39 is 0 Å². The van der Waals surface area contributed by atoms with Crippen LogP contribution in [0.4, 0.5) is 4.79 Å². The summed E-state index contributed by atoms with van der Waals surface area (Å²) in [5, 5.41) is 2.00. The molecule has 2 atom stereocenters. The van der Waals surface area contributed by atoms with Crippen molar-refractivity contribution in [1.82, 2.24) is 4.90 Å². The molecule has 0 aliphatic carbocycles. The van der Waals surface area contributed by atoms with Crippen LogP contribution in [-0.4, -0.2) is 28.9 Å². The Hall–Kier alpha value is -3.60. The van der Waals surface area contributed by atoms with Crippen molar-refractivity contribution >= 4 is 33.8 Å². The Balaban J connectivity index is 1.17. The number of nitrogens with zero attached hydrogens (tertiary/aromatic N) is 1. The van der Waals surface area contributed by atoms with E-state index in [1.165, 1.54) is 0 Å². The predicted molar refractivity (Wildman–Crippen MR) is 126 cm³/mol. The van der Waals surface area contributed by atoms with Crippen LogP contribution in [-0.2, 0) is 11.3 Å². The van der Waals surface area contributed by atoms with Crippen LogP contribution < -0.4 is 0 Å². The fourth-order valence-electron chi connectivity index (χ4n) is 5.60. The van der Waals surface area contributed by atoms with Crippen molar-refractivity contribution in [1.29, 1.82) is 0 Å². The first kappa shape index (κ1) is 20.0. The Labute approximate surface area is 191 Å². The number of hydrogen-bond acceptors (Lipinski definition) is 4. The number of rotatable bonds is 4. The molecule has 1 aromatic heterocycles. The lowest BCUT2D eigenvalue weighted by molar-refractivity contribution is 0.0485. The number of ether oxygens (including phenoxy) is 1. The van der Waals surface area contributed by atoms with Crippen LogP contribution in [0.2, 0.25) is 0 Å². The molecule has 2 aliphatic heterocycles. The average Bonchev–Trinajstić information content (AvgIpc) is 3.36. The molecule has 6 rings (SSSR count). The molecule has 166 valence electrons. The molecule has 2 saturated heterocycles. The van der Waals surface area contributed by atoms with Crippen LogP contribution >= 0.6 is 0 Å². The third-order valence-corrected chi connectivity index (χ3v) is 7.18. The molecular weight excluding hydrogens is 414 g/mol. The number of furan rings is 1. The minimum absolute atomic E-state index is 0.0689. The maximum Gasteiger partial charge on any atom is 0.410 e. The third kappa shape index (κ3) is 3.58. The van der Waals surface area contributed by atoms with Gasteiger partial charge in [0.1, 0.15) is 17.8 Å². The Morgan fingerprint density at radius 1 is 0.848 bits per heavy atom. The van der Waals surface area contributed by atoms with Gasteiger partial charge in [-0.25, -0.2) is 4.79 Å². The van der Waals surface area contributed by atoms with Crippen molar-refractivity contribution in [2.24, 2.45) is 5.92 Å². The quantitative estimate of drug-likeness (QED) is 0.348. The molecule has 4 aromatic rings. The van der Waals surface area contributed by atoms with E-state index in [1.54, 1.807) is 0 Å². The number of carbonyl (C=O) groups excluding carboxylic acids is 2. The normalized spacial score (nSPS) is 22.1. The highest BCUT2D eigenvalue weighted by Crippen LogP contribution is 2.41. The van der Waals surface area contributed by atoms with Crippen LogP contribution in [0.3, 0.4) is 0 Å². The van der Waals surface area contributed by atoms with Gasteiger partial charge in [0.05, 0.1) is 0 Å². The lowest BCUT2D eigenvalue weighted by atomic mass is 9.84. The number of piperidine rings is 1. The molecule has 2 unspecified atom stereocenters. The summed E-state index contributed by atoms with van der Waals surface area (Å²) < 4.78 is 11.5. The van der Waals surface area contributed by atoms with E-state index in [0.717, 1.165) is 45.9 Å². The van der Waals surface area contributed by atoms with Crippen molar-refractivity contribution in [2.45, 2.75) is 44.4 Å². The van der Waals surface area contributed by atoms with E-state index in [1.807, 2.05) is 77.7 Å². The molecule has 5 nitrogen and oxygen atoms in total. The molecule has 0 radical (unpaired) electrons. The van der Waals surface area contributed by atoms with Crippen molar-refractivity contribution in [3.63, 3.8) is 0 Å². The second-order valence-electron chi connectivity index (χ2n) is 9.17. The van der Waals surface area contributed by atoms with Gasteiger partial charge in [0.25, 0.3) is 0 Å². The van der Waals surface area contributed by atoms with Crippen LogP contribution in [0.15, 0.2) is 77.2 Å².